The molecule has 2 heterocycles. The van der Waals surface area contributed by atoms with Crippen LogP contribution in [0.3, 0.4) is 0 Å². The van der Waals surface area contributed by atoms with Gasteiger partial charge in [0.25, 0.3) is 0 Å². The molecule has 0 N–H and O–H groups in total. The van der Waals surface area contributed by atoms with Gasteiger partial charge in [-0.15, -0.1) is 0 Å². The van der Waals surface area contributed by atoms with E-state index in [1.807, 2.05) is 37.3 Å². The van der Waals surface area contributed by atoms with E-state index in [4.69, 9.17) is 21.1 Å². The number of aromatic nitrogens is 1. The van der Waals surface area contributed by atoms with Gasteiger partial charge in [-0.3, -0.25) is 9.78 Å². The summed E-state index contributed by atoms with van der Waals surface area (Å²) in [7, 11) is 1.66. The molecule has 4 rings (SSSR count). The summed E-state index contributed by atoms with van der Waals surface area (Å²) >= 11 is 5.90. The van der Waals surface area contributed by atoms with E-state index < -0.39 is 5.97 Å². The summed E-state index contributed by atoms with van der Waals surface area (Å²) in [6.45, 7) is 1.92. The molecule has 5 nitrogen and oxygen atoms in total. The second kappa shape index (κ2) is 8.18. The first-order chi connectivity index (χ1) is 13.0. The summed E-state index contributed by atoms with van der Waals surface area (Å²) in [6.07, 6.45) is 2.97. The fraction of sp³-hybridized carbons (Fsp3) is 0.190. The van der Waals surface area contributed by atoms with Crippen molar-refractivity contribution in [2.75, 3.05) is 7.11 Å². The normalized spacial score (nSPS) is 11.6. The number of methoxy groups -OCH3 is 1. The predicted octanol–water partition coefficient (Wildman–Crippen LogP) is 5.10. The van der Waals surface area contributed by atoms with Crippen molar-refractivity contribution in [3.05, 3.63) is 64.8 Å². The highest BCUT2D eigenvalue weighted by Crippen LogP contribution is 2.34. The molecule has 0 atom stereocenters. The van der Waals surface area contributed by atoms with E-state index in [1.54, 1.807) is 13.3 Å². The summed E-state index contributed by atoms with van der Waals surface area (Å²) in [5.74, 6) is 0.850. The lowest BCUT2D eigenvalue weighted by Gasteiger charge is -2.18. The lowest BCUT2D eigenvalue weighted by molar-refractivity contribution is 0.0658. The molecule has 0 spiro atoms. The Morgan fingerprint density at radius 1 is 1.22 bits per heavy atom. The van der Waals surface area contributed by atoms with Gasteiger partial charge in [-0.2, -0.15) is 0 Å². The van der Waals surface area contributed by atoms with Crippen molar-refractivity contribution in [2.24, 2.45) is 0 Å². The molecule has 2 aromatic carbocycles. The molecule has 0 radical (unpaired) electrons. The molecule has 27 heavy (non-hydrogen) atoms. The Balaban J connectivity index is 0.000000159. The Morgan fingerprint density at radius 3 is 2.70 bits per heavy atom. The summed E-state index contributed by atoms with van der Waals surface area (Å²) in [4.78, 5) is 26.8. The maximum Gasteiger partial charge on any atom is 0.347 e. The van der Waals surface area contributed by atoms with Crippen molar-refractivity contribution in [1.29, 1.82) is 0 Å². The second-order valence-electron chi connectivity index (χ2n) is 5.93. The van der Waals surface area contributed by atoms with E-state index in [-0.39, 0.29) is 5.78 Å². The van der Waals surface area contributed by atoms with Crippen molar-refractivity contribution in [1.82, 2.24) is 4.98 Å². The summed E-state index contributed by atoms with van der Waals surface area (Å²) in [5, 5.41) is 1.46. The van der Waals surface area contributed by atoms with Crippen LogP contribution in [0.25, 0.3) is 10.9 Å². The van der Waals surface area contributed by atoms with Crippen LogP contribution in [-0.2, 0) is 0 Å². The number of esters is 1. The Kier molecular flexibility index (Phi) is 5.72. The molecule has 1 aromatic heterocycles. The molecule has 1 aliphatic rings. The number of halogens is 1. The van der Waals surface area contributed by atoms with Crippen molar-refractivity contribution in [3.8, 4) is 11.5 Å². The van der Waals surface area contributed by atoms with Gasteiger partial charge >= 0.3 is 5.97 Å². The molecule has 0 bridgehead atoms. The van der Waals surface area contributed by atoms with Crippen LogP contribution in [0, 0.1) is 0 Å². The van der Waals surface area contributed by atoms with Gasteiger partial charge < -0.3 is 9.47 Å². The van der Waals surface area contributed by atoms with Gasteiger partial charge in [0.05, 0.1) is 12.1 Å². The summed E-state index contributed by atoms with van der Waals surface area (Å²) < 4.78 is 9.89. The Morgan fingerprint density at radius 2 is 2.00 bits per heavy atom. The number of hydrogen-bond donors (Lipinski definition) is 0. The molecule has 0 fully saturated rings. The summed E-state index contributed by atoms with van der Waals surface area (Å²) in [6, 6.07) is 12.9. The lowest BCUT2D eigenvalue weighted by Crippen LogP contribution is -2.21. The zero-order chi connectivity index (χ0) is 19.4. The number of carbonyl (C=O) groups excluding carboxylic acids is 2. The highest BCUT2D eigenvalue weighted by molar-refractivity contribution is 6.34. The Labute approximate surface area is 161 Å². The minimum Gasteiger partial charge on any atom is -0.494 e. The molecule has 0 saturated heterocycles. The third kappa shape index (κ3) is 3.93. The average Bonchev–Trinajstić information content (AvgIpc) is 2.67. The number of carbonyl (C=O) groups is 2. The first-order valence-electron chi connectivity index (χ1n) is 8.51. The molecule has 138 valence electrons. The number of hydrogen-bond acceptors (Lipinski definition) is 5. The molecule has 3 aromatic rings. The van der Waals surface area contributed by atoms with Gasteiger partial charge in [0, 0.05) is 29.6 Å². The van der Waals surface area contributed by atoms with E-state index in [1.165, 1.54) is 12.1 Å². The molecular weight excluding hydrogens is 366 g/mol. The van der Waals surface area contributed by atoms with Gasteiger partial charge in [0.15, 0.2) is 5.78 Å². The molecular formula is C21H18ClNO4. The smallest absolute Gasteiger partial charge is 0.347 e. The predicted molar refractivity (Wildman–Crippen MR) is 104 cm³/mol. The fourth-order valence-corrected chi connectivity index (χ4v) is 2.98. The zero-order valence-corrected chi connectivity index (χ0v) is 15.7. The number of ketones is 1. The maximum absolute atomic E-state index is 11.6. The highest BCUT2D eigenvalue weighted by Gasteiger charge is 2.28. The van der Waals surface area contributed by atoms with Crippen LogP contribution in [-0.4, -0.2) is 23.8 Å². The van der Waals surface area contributed by atoms with Gasteiger partial charge in [-0.25, -0.2) is 4.79 Å². The third-order valence-corrected chi connectivity index (χ3v) is 4.40. The number of benzene rings is 2. The van der Waals surface area contributed by atoms with E-state index >= 15 is 0 Å². The number of rotatable bonds is 4. The van der Waals surface area contributed by atoms with E-state index in [2.05, 4.69) is 4.98 Å². The van der Waals surface area contributed by atoms with E-state index in [0.717, 1.165) is 23.1 Å². The van der Waals surface area contributed by atoms with Crippen molar-refractivity contribution in [2.45, 2.75) is 19.8 Å². The number of nitrogens with zero attached hydrogens (tertiary/aromatic N) is 1. The first kappa shape index (κ1) is 18.9. The second-order valence-corrected chi connectivity index (χ2v) is 6.33. The number of pyridine rings is 1. The quantitative estimate of drug-likeness (QED) is 0.463. The van der Waals surface area contributed by atoms with Gasteiger partial charge in [0.1, 0.15) is 22.6 Å². The summed E-state index contributed by atoms with van der Waals surface area (Å²) in [5.41, 5.74) is 1.77. The monoisotopic (exact) mass is 383 g/mol. The van der Waals surface area contributed by atoms with E-state index in [9.17, 15) is 9.59 Å². The molecule has 0 aliphatic carbocycles. The molecule has 1 aliphatic heterocycles. The van der Waals surface area contributed by atoms with Crippen molar-refractivity contribution < 1.29 is 19.1 Å². The molecule has 0 unspecified atom stereocenters. The number of fused-ring (bicyclic) bond motifs is 2. The number of Topliss-reactive ketones (excluding diaryl/α,β-unsaturated/α-hetero) is 1. The Hall–Kier alpha value is -2.92. The molecule has 6 heteroatoms. The minimum absolute atomic E-state index is 0.0370. The largest absolute Gasteiger partial charge is 0.494 e. The van der Waals surface area contributed by atoms with Crippen molar-refractivity contribution in [3.63, 3.8) is 0 Å². The number of para-hydroxylation sites is 1. The van der Waals surface area contributed by atoms with Crippen LogP contribution in [0.5, 0.6) is 11.5 Å². The average molecular weight is 384 g/mol. The maximum atomic E-state index is 11.6. The van der Waals surface area contributed by atoms with E-state index in [0.29, 0.717) is 28.3 Å². The van der Waals surface area contributed by atoms with Crippen LogP contribution >= 0.6 is 11.6 Å². The van der Waals surface area contributed by atoms with Crippen LogP contribution in [0.15, 0.2) is 48.7 Å². The van der Waals surface area contributed by atoms with Crippen LogP contribution < -0.4 is 9.47 Å². The van der Waals surface area contributed by atoms with Crippen LogP contribution in [0.4, 0.5) is 0 Å². The topological polar surface area (TPSA) is 65.5 Å². The van der Waals surface area contributed by atoms with Gasteiger partial charge in [0.2, 0.25) is 0 Å². The minimum atomic E-state index is -0.396. The highest BCUT2D eigenvalue weighted by atomic mass is 35.5. The first-order valence-corrected chi connectivity index (χ1v) is 8.89. The Bertz CT molecular complexity index is 1010. The lowest BCUT2D eigenvalue weighted by atomic mass is 10.0. The zero-order valence-electron chi connectivity index (χ0n) is 15.0. The number of ether oxygens (including phenoxy) is 2. The fourth-order valence-electron chi connectivity index (χ4n) is 2.72. The standard InChI is InChI=1S/C11H9ClO3.C10H9NO/c1-2-3-9(13)6-4-7-10(5-8(6)12)15-11(7)14;1-12-9-6-2-4-8-5-3-7-11-10(8)9/h4-5H,2-3H2,1H3;2-7H,1H3. The third-order valence-electron chi connectivity index (χ3n) is 4.08. The van der Waals surface area contributed by atoms with Crippen LogP contribution in [0.1, 0.15) is 40.5 Å². The van der Waals surface area contributed by atoms with Crippen molar-refractivity contribution >= 4 is 34.3 Å². The van der Waals surface area contributed by atoms with Gasteiger partial charge in [-0.05, 0) is 24.6 Å². The molecule has 0 amide bonds. The molecule has 0 saturated carbocycles. The van der Waals surface area contributed by atoms with Gasteiger partial charge in [-0.1, -0.05) is 36.7 Å². The SMILES string of the molecule is CCCC(=O)c1cc2c(cc1Cl)OC2=O.COc1cccc2cccnc12. The van der Waals surface area contributed by atoms with Crippen LogP contribution in [0.2, 0.25) is 5.02 Å².